The van der Waals surface area contributed by atoms with Crippen molar-refractivity contribution in [2.24, 2.45) is 0 Å². The number of carbonyl (C=O) groups excluding carboxylic acids is 1. The minimum atomic E-state index is -0.481. The maximum Gasteiger partial charge on any atom is 0.263 e. The minimum Gasteiger partial charge on any atom is -0.481 e. The number of amides is 1. The van der Waals surface area contributed by atoms with Crippen LogP contribution in [-0.4, -0.2) is 23.5 Å². The number of hydrogen-bond donors (Lipinski definition) is 0. The van der Waals surface area contributed by atoms with E-state index in [9.17, 15) is 4.79 Å². The maximum absolute atomic E-state index is 12.8. The molecular weight excluding hydrogens is 310 g/mol. The van der Waals surface area contributed by atoms with Gasteiger partial charge in [-0.1, -0.05) is 36.4 Å². The first-order chi connectivity index (χ1) is 12.2. The van der Waals surface area contributed by atoms with E-state index in [1.54, 1.807) is 0 Å². The fourth-order valence-electron chi connectivity index (χ4n) is 3.44. The molecule has 0 aromatic heterocycles. The molecule has 3 rings (SSSR count). The highest BCUT2D eigenvalue weighted by molar-refractivity contribution is 5.80. The summed E-state index contributed by atoms with van der Waals surface area (Å²) >= 11 is 0. The number of fused-ring (bicyclic) bond motifs is 1. The molecule has 0 N–H and O–H groups in total. The largest absolute Gasteiger partial charge is 0.481 e. The molecule has 0 radical (unpaired) electrons. The maximum atomic E-state index is 12.8. The van der Waals surface area contributed by atoms with Crippen molar-refractivity contribution in [3.63, 3.8) is 0 Å². The lowest BCUT2D eigenvalue weighted by molar-refractivity contribution is -0.138. The summed E-state index contributed by atoms with van der Waals surface area (Å²) in [5.41, 5.74) is 3.94. The first-order valence-corrected chi connectivity index (χ1v) is 9.28. The first kappa shape index (κ1) is 17.5. The van der Waals surface area contributed by atoms with Gasteiger partial charge in [-0.3, -0.25) is 4.79 Å². The average Bonchev–Trinajstić information content (AvgIpc) is 2.66. The number of benzene rings is 2. The molecule has 0 aliphatic heterocycles. The minimum absolute atomic E-state index is 0.0315. The molecule has 1 amide bonds. The van der Waals surface area contributed by atoms with Crippen molar-refractivity contribution >= 4 is 5.91 Å². The van der Waals surface area contributed by atoms with Crippen LogP contribution in [0.25, 0.3) is 0 Å². The summed E-state index contributed by atoms with van der Waals surface area (Å²) in [6.07, 6.45) is 4.30. The zero-order valence-electron chi connectivity index (χ0n) is 15.2. The highest BCUT2D eigenvalue weighted by atomic mass is 16.5. The van der Waals surface area contributed by atoms with E-state index in [4.69, 9.17) is 4.74 Å². The molecule has 2 aromatic rings. The van der Waals surface area contributed by atoms with Crippen molar-refractivity contribution in [1.29, 1.82) is 0 Å². The van der Waals surface area contributed by atoms with Crippen LogP contribution in [0.1, 0.15) is 43.4 Å². The Morgan fingerprint density at radius 2 is 1.80 bits per heavy atom. The Kier molecular flexibility index (Phi) is 5.75. The Morgan fingerprint density at radius 1 is 1.08 bits per heavy atom. The molecule has 0 bridgehead atoms. The molecule has 0 spiro atoms. The van der Waals surface area contributed by atoms with Crippen LogP contribution in [0.2, 0.25) is 0 Å². The fourth-order valence-corrected chi connectivity index (χ4v) is 3.44. The molecule has 1 atom stereocenters. The number of rotatable bonds is 6. The SMILES string of the molecule is CCN(Cc1ccccc1)C(=O)[C@H](C)Oc1ccc2c(c1)CCCC2. The molecule has 25 heavy (non-hydrogen) atoms. The van der Waals surface area contributed by atoms with Crippen LogP contribution in [-0.2, 0) is 24.2 Å². The van der Waals surface area contributed by atoms with E-state index < -0.39 is 6.10 Å². The summed E-state index contributed by atoms with van der Waals surface area (Å²) in [4.78, 5) is 14.6. The molecule has 0 saturated carbocycles. The van der Waals surface area contributed by atoms with E-state index >= 15 is 0 Å². The monoisotopic (exact) mass is 337 g/mol. The standard InChI is InChI=1S/C22H27NO2/c1-3-23(16-18-9-5-4-6-10-18)22(24)17(2)25-21-14-13-19-11-7-8-12-20(19)15-21/h4-6,9-10,13-15,17H,3,7-8,11-12,16H2,1-2H3/t17-/m0/s1. The van der Waals surface area contributed by atoms with Crippen LogP contribution in [0.15, 0.2) is 48.5 Å². The molecule has 0 heterocycles. The van der Waals surface area contributed by atoms with E-state index in [2.05, 4.69) is 12.1 Å². The third-order valence-electron chi connectivity index (χ3n) is 4.89. The zero-order valence-corrected chi connectivity index (χ0v) is 15.2. The molecule has 3 nitrogen and oxygen atoms in total. The van der Waals surface area contributed by atoms with Crippen molar-refractivity contribution < 1.29 is 9.53 Å². The predicted octanol–water partition coefficient (Wildman–Crippen LogP) is 4.38. The second-order valence-electron chi connectivity index (χ2n) is 6.74. The Balaban J connectivity index is 1.65. The smallest absolute Gasteiger partial charge is 0.263 e. The lowest BCUT2D eigenvalue weighted by Gasteiger charge is -2.25. The van der Waals surface area contributed by atoms with Gasteiger partial charge in [0.05, 0.1) is 0 Å². The third-order valence-corrected chi connectivity index (χ3v) is 4.89. The van der Waals surface area contributed by atoms with Gasteiger partial charge in [0.15, 0.2) is 6.10 Å². The van der Waals surface area contributed by atoms with Crippen LogP contribution in [0.4, 0.5) is 0 Å². The van der Waals surface area contributed by atoms with E-state index in [-0.39, 0.29) is 5.91 Å². The molecule has 1 aliphatic carbocycles. The number of carbonyl (C=O) groups is 1. The van der Waals surface area contributed by atoms with Crippen LogP contribution in [0.5, 0.6) is 5.75 Å². The first-order valence-electron chi connectivity index (χ1n) is 9.28. The van der Waals surface area contributed by atoms with Gasteiger partial charge in [0.1, 0.15) is 5.75 Å². The molecule has 132 valence electrons. The van der Waals surface area contributed by atoms with Crippen molar-refractivity contribution in [1.82, 2.24) is 4.90 Å². The van der Waals surface area contributed by atoms with E-state index in [0.717, 1.165) is 24.2 Å². The molecule has 0 saturated heterocycles. The quantitative estimate of drug-likeness (QED) is 0.783. The van der Waals surface area contributed by atoms with Gasteiger partial charge in [0, 0.05) is 13.1 Å². The highest BCUT2D eigenvalue weighted by Crippen LogP contribution is 2.26. The predicted molar refractivity (Wildman–Crippen MR) is 101 cm³/mol. The number of nitrogens with zero attached hydrogens (tertiary/aromatic N) is 1. The molecule has 3 heteroatoms. The normalized spacial score (nSPS) is 14.5. The van der Waals surface area contributed by atoms with Gasteiger partial charge >= 0.3 is 0 Å². The number of ether oxygens (including phenoxy) is 1. The molecular formula is C22H27NO2. The third kappa shape index (κ3) is 4.41. The Hall–Kier alpha value is -2.29. The van der Waals surface area contributed by atoms with Gasteiger partial charge in [0.25, 0.3) is 5.91 Å². The Labute approximate surface area is 150 Å². The van der Waals surface area contributed by atoms with Gasteiger partial charge < -0.3 is 9.64 Å². The van der Waals surface area contributed by atoms with Crippen molar-refractivity contribution in [2.75, 3.05) is 6.54 Å². The summed E-state index contributed by atoms with van der Waals surface area (Å²) in [6, 6.07) is 16.4. The lowest BCUT2D eigenvalue weighted by Crippen LogP contribution is -2.40. The van der Waals surface area contributed by atoms with Gasteiger partial charge in [-0.15, -0.1) is 0 Å². The second kappa shape index (κ2) is 8.19. The van der Waals surface area contributed by atoms with Crippen LogP contribution in [0, 0.1) is 0 Å². The summed E-state index contributed by atoms with van der Waals surface area (Å²) in [6.45, 7) is 5.14. The van der Waals surface area contributed by atoms with Gasteiger partial charge in [0.2, 0.25) is 0 Å². The van der Waals surface area contributed by atoms with Gasteiger partial charge in [-0.05, 0) is 68.4 Å². The summed E-state index contributed by atoms with van der Waals surface area (Å²) in [5.74, 6) is 0.835. The summed E-state index contributed by atoms with van der Waals surface area (Å²) in [7, 11) is 0. The summed E-state index contributed by atoms with van der Waals surface area (Å²) < 4.78 is 5.97. The van der Waals surface area contributed by atoms with Crippen molar-refractivity contribution in [3.8, 4) is 5.75 Å². The Bertz CT molecular complexity index is 711. The summed E-state index contributed by atoms with van der Waals surface area (Å²) in [5, 5.41) is 0. The van der Waals surface area contributed by atoms with Crippen LogP contribution >= 0.6 is 0 Å². The van der Waals surface area contributed by atoms with E-state index in [0.29, 0.717) is 13.1 Å². The van der Waals surface area contributed by atoms with Crippen LogP contribution < -0.4 is 4.74 Å². The topological polar surface area (TPSA) is 29.5 Å². The highest BCUT2D eigenvalue weighted by Gasteiger charge is 2.21. The molecule has 1 aliphatic rings. The van der Waals surface area contributed by atoms with Gasteiger partial charge in [-0.25, -0.2) is 0 Å². The molecule has 2 aromatic carbocycles. The second-order valence-corrected chi connectivity index (χ2v) is 6.74. The number of aryl methyl sites for hydroxylation is 2. The van der Waals surface area contributed by atoms with Crippen molar-refractivity contribution in [3.05, 3.63) is 65.2 Å². The van der Waals surface area contributed by atoms with Crippen molar-refractivity contribution in [2.45, 2.75) is 52.2 Å². The number of likely N-dealkylation sites (N-methyl/N-ethyl adjacent to an activating group) is 1. The molecule has 0 unspecified atom stereocenters. The van der Waals surface area contributed by atoms with E-state index in [1.165, 1.54) is 24.0 Å². The zero-order chi connectivity index (χ0) is 17.6. The van der Waals surface area contributed by atoms with Crippen LogP contribution in [0.3, 0.4) is 0 Å². The average molecular weight is 337 g/mol. The van der Waals surface area contributed by atoms with E-state index in [1.807, 2.05) is 55.1 Å². The number of hydrogen-bond acceptors (Lipinski definition) is 2. The lowest BCUT2D eigenvalue weighted by atomic mass is 9.92. The fraction of sp³-hybridized carbons (Fsp3) is 0.409. The molecule has 0 fully saturated rings. The van der Waals surface area contributed by atoms with Gasteiger partial charge in [-0.2, -0.15) is 0 Å². The Morgan fingerprint density at radius 3 is 2.52 bits per heavy atom.